The second-order valence-corrected chi connectivity index (χ2v) is 5.96. The minimum atomic E-state index is -0.268. The smallest absolute Gasteiger partial charge is 0.238 e. The Balaban J connectivity index is 2.96. The van der Waals surface area contributed by atoms with Gasteiger partial charge >= 0.3 is 0 Å². The average molecular weight is 339 g/mol. The van der Waals surface area contributed by atoms with Crippen LogP contribution in [-0.2, 0) is 4.79 Å². The molecule has 0 saturated heterocycles. The number of amides is 1. The largest absolute Gasteiger partial charge is 0.323 e. The molecule has 0 bridgehead atoms. The number of hydrogen-bond acceptors (Lipinski definition) is 1. The van der Waals surface area contributed by atoms with Crippen LogP contribution in [0, 0.1) is 12.8 Å². The van der Waals surface area contributed by atoms with Crippen LogP contribution in [0.25, 0.3) is 0 Å². The van der Waals surface area contributed by atoms with Crippen LogP contribution in [0.15, 0.2) is 12.1 Å². The van der Waals surface area contributed by atoms with Crippen LogP contribution in [0.1, 0.15) is 19.4 Å². The molecule has 1 rings (SSSR count). The van der Waals surface area contributed by atoms with Crippen molar-refractivity contribution in [1.82, 2.24) is 0 Å². The molecule has 1 amide bonds. The molecule has 2 nitrogen and oxygen atoms in total. The van der Waals surface area contributed by atoms with Crippen LogP contribution < -0.4 is 5.32 Å². The third kappa shape index (κ3) is 3.60. The van der Waals surface area contributed by atoms with Crippen molar-refractivity contribution < 1.29 is 4.79 Å². The van der Waals surface area contributed by atoms with Gasteiger partial charge in [-0.05, 0) is 24.5 Å². The lowest BCUT2D eigenvalue weighted by Crippen LogP contribution is -2.27. The zero-order chi connectivity index (χ0) is 13.2. The van der Waals surface area contributed by atoms with E-state index in [9.17, 15) is 4.79 Å². The van der Waals surface area contributed by atoms with Gasteiger partial charge < -0.3 is 5.32 Å². The van der Waals surface area contributed by atoms with Crippen molar-refractivity contribution in [2.75, 3.05) is 5.32 Å². The van der Waals surface area contributed by atoms with Crippen LogP contribution in [0.4, 0.5) is 5.69 Å². The van der Waals surface area contributed by atoms with E-state index in [0.29, 0.717) is 15.7 Å². The Labute approximate surface area is 120 Å². The summed E-state index contributed by atoms with van der Waals surface area (Å²) in [4.78, 5) is 11.6. The SMILES string of the molecule is Cc1ccc(Cl)c(NC(=O)C(Br)C(C)C)c1Cl. The zero-order valence-corrected chi connectivity index (χ0v) is 12.9. The number of aryl methyl sites for hydroxylation is 1. The summed E-state index contributed by atoms with van der Waals surface area (Å²) >= 11 is 15.5. The van der Waals surface area contributed by atoms with Crippen LogP contribution in [-0.4, -0.2) is 10.7 Å². The Kier molecular flexibility index (Phi) is 5.29. The summed E-state index contributed by atoms with van der Waals surface area (Å²) in [7, 11) is 0. The number of carbonyl (C=O) groups is 1. The molecule has 1 N–H and O–H groups in total. The normalized spacial score (nSPS) is 12.6. The fourth-order valence-corrected chi connectivity index (χ4v) is 1.85. The van der Waals surface area contributed by atoms with E-state index in [1.54, 1.807) is 6.07 Å². The molecule has 0 aliphatic rings. The monoisotopic (exact) mass is 337 g/mol. The van der Waals surface area contributed by atoms with Gasteiger partial charge in [-0.3, -0.25) is 4.79 Å². The fourth-order valence-electron chi connectivity index (χ4n) is 1.27. The summed E-state index contributed by atoms with van der Waals surface area (Å²) < 4.78 is 0. The number of anilines is 1. The number of benzene rings is 1. The van der Waals surface area contributed by atoms with Gasteiger partial charge in [0.2, 0.25) is 5.91 Å². The summed E-state index contributed by atoms with van der Waals surface area (Å²) in [5.74, 6) is 0.0479. The molecule has 1 atom stereocenters. The molecule has 0 aliphatic carbocycles. The first-order valence-electron chi connectivity index (χ1n) is 5.24. The van der Waals surface area contributed by atoms with Crippen molar-refractivity contribution in [1.29, 1.82) is 0 Å². The van der Waals surface area contributed by atoms with Crippen molar-refractivity contribution >= 4 is 50.7 Å². The van der Waals surface area contributed by atoms with Gasteiger partial charge in [-0.25, -0.2) is 0 Å². The van der Waals surface area contributed by atoms with Crippen molar-refractivity contribution in [3.8, 4) is 0 Å². The fraction of sp³-hybridized carbons (Fsp3) is 0.417. The highest BCUT2D eigenvalue weighted by Gasteiger charge is 2.20. The maximum Gasteiger partial charge on any atom is 0.238 e. The third-order valence-corrected chi connectivity index (χ3v) is 4.64. The number of alkyl halides is 1. The van der Waals surface area contributed by atoms with E-state index >= 15 is 0 Å². The van der Waals surface area contributed by atoms with Crippen LogP contribution in [0.2, 0.25) is 10.0 Å². The van der Waals surface area contributed by atoms with Crippen LogP contribution >= 0.6 is 39.1 Å². The summed E-state index contributed by atoms with van der Waals surface area (Å²) in [6.07, 6.45) is 0. The molecule has 1 aromatic rings. The molecule has 0 saturated carbocycles. The van der Waals surface area contributed by atoms with E-state index in [4.69, 9.17) is 23.2 Å². The molecule has 0 aromatic heterocycles. The molecule has 17 heavy (non-hydrogen) atoms. The van der Waals surface area contributed by atoms with Crippen molar-refractivity contribution in [2.24, 2.45) is 5.92 Å². The molecule has 94 valence electrons. The third-order valence-electron chi connectivity index (χ3n) is 2.37. The molecule has 5 heteroatoms. The summed E-state index contributed by atoms with van der Waals surface area (Å²) in [5, 5.41) is 3.67. The van der Waals surface area contributed by atoms with Gasteiger partial charge in [0.1, 0.15) is 0 Å². The lowest BCUT2D eigenvalue weighted by Gasteiger charge is -2.16. The summed E-state index contributed by atoms with van der Waals surface area (Å²) in [5.41, 5.74) is 1.35. The number of nitrogens with one attached hydrogen (secondary N) is 1. The van der Waals surface area contributed by atoms with E-state index in [1.807, 2.05) is 26.8 Å². The highest BCUT2D eigenvalue weighted by atomic mass is 79.9. The number of halogens is 3. The van der Waals surface area contributed by atoms with Crippen molar-refractivity contribution in [3.63, 3.8) is 0 Å². The minimum absolute atomic E-state index is 0.144. The Hall–Kier alpha value is -0.250. The van der Waals surface area contributed by atoms with Gasteiger partial charge in [-0.15, -0.1) is 0 Å². The number of hydrogen-bond donors (Lipinski definition) is 1. The predicted octanol–water partition coefficient (Wildman–Crippen LogP) is 4.66. The molecular formula is C12H14BrCl2NO. The topological polar surface area (TPSA) is 29.1 Å². The van der Waals surface area contributed by atoms with Crippen molar-refractivity contribution in [3.05, 3.63) is 27.7 Å². The van der Waals surface area contributed by atoms with Gasteiger partial charge in [-0.2, -0.15) is 0 Å². The van der Waals surface area contributed by atoms with Crippen LogP contribution in [0.3, 0.4) is 0 Å². The second kappa shape index (κ2) is 6.07. The van der Waals surface area contributed by atoms with Gasteiger partial charge in [0, 0.05) is 0 Å². The highest BCUT2D eigenvalue weighted by Crippen LogP contribution is 2.33. The van der Waals surface area contributed by atoms with Gasteiger partial charge in [-0.1, -0.05) is 59.0 Å². The van der Waals surface area contributed by atoms with Gasteiger partial charge in [0.25, 0.3) is 0 Å². The number of rotatable bonds is 3. The summed E-state index contributed by atoms with van der Waals surface area (Å²) in [6.45, 7) is 5.78. The van der Waals surface area contributed by atoms with Crippen LogP contribution in [0.5, 0.6) is 0 Å². The molecule has 0 fully saturated rings. The van der Waals surface area contributed by atoms with E-state index in [0.717, 1.165) is 5.56 Å². The first-order valence-corrected chi connectivity index (χ1v) is 6.91. The minimum Gasteiger partial charge on any atom is -0.323 e. The van der Waals surface area contributed by atoms with E-state index < -0.39 is 0 Å². The second-order valence-electron chi connectivity index (χ2n) is 4.19. The lowest BCUT2D eigenvalue weighted by molar-refractivity contribution is -0.116. The van der Waals surface area contributed by atoms with Gasteiger partial charge in [0.15, 0.2) is 0 Å². The maximum absolute atomic E-state index is 11.9. The standard InChI is InChI=1S/C12H14BrCl2NO/c1-6(2)9(13)12(17)16-11-8(14)5-4-7(3)10(11)15/h4-6,9H,1-3H3,(H,16,17). The maximum atomic E-state index is 11.9. The zero-order valence-electron chi connectivity index (χ0n) is 9.85. The van der Waals surface area contributed by atoms with Gasteiger partial charge in [0.05, 0.1) is 20.6 Å². The number of carbonyl (C=O) groups excluding carboxylic acids is 1. The molecule has 0 heterocycles. The molecule has 1 unspecified atom stereocenters. The molecule has 0 aliphatic heterocycles. The van der Waals surface area contributed by atoms with E-state index in [1.165, 1.54) is 0 Å². The molecule has 1 aromatic carbocycles. The Morgan fingerprint density at radius 2 is 1.94 bits per heavy atom. The quantitative estimate of drug-likeness (QED) is 0.798. The Morgan fingerprint density at radius 1 is 1.35 bits per heavy atom. The highest BCUT2D eigenvalue weighted by molar-refractivity contribution is 9.10. The van der Waals surface area contributed by atoms with E-state index in [-0.39, 0.29) is 16.7 Å². The molecule has 0 radical (unpaired) electrons. The Morgan fingerprint density at radius 3 is 2.47 bits per heavy atom. The average Bonchev–Trinajstić information content (AvgIpc) is 2.28. The van der Waals surface area contributed by atoms with Crippen molar-refractivity contribution in [2.45, 2.75) is 25.6 Å². The van der Waals surface area contributed by atoms with E-state index in [2.05, 4.69) is 21.2 Å². The Bertz CT molecular complexity index is 435. The molecular weight excluding hydrogens is 325 g/mol. The first kappa shape index (κ1) is 14.8. The summed E-state index contributed by atoms with van der Waals surface area (Å²) in [6, 6.07) is 3.53. The first-order chi connectivity index (χ1) is 7.84. The lowest BCUT2D eigenvalue weighted by atomic mass is 10.1. The molecule has 0 spiro atoms. The predicted molar refractivity (Wildman–Crippen MR) is 77.4 cm³/mol.